The van der Waals surface area contributed by atoms with Gasteiger partial charge in [0.15, 0.2) is 0 Å². The molecule has 0 radical (unpaired) electrons. The number of anilines is 1. The second-order valence-corrected chi connectivity index (χ2v) is 8.12. The van der Waals surface area contributed by atoms with Crippen LogP contribution in [0.3, 0.4) is 0 Å². The third-order valence-corrected chi connectivity index (χ3v) is 5.69. The summed E-state index contributed by atoms with van der Waals surface area (Å²) in [6.45, 7) is 1.76. The first-order valence-corrected chi connectivity index (χ1v) is 10.8. The molecule has 0 spiro atoms. The summed E-state index contributed by atoms with van der Waals surface area (Å²) in [5.74, 6) is -2.65. The molecule has 1 aliphatic rings. The van der Waals surface area contributed by atoms with Crippen LogP contribution in [0.2, 0.25) is 0 Å². The average Bonchev–Trinajstić information content (AvgIpc) is 3.12. The average molecular weight is 462 g/mol. The Morgan fingerprint density at radius 3 is 2.24 bits per heavy atom. The number of nitrogens with one attached hydrogen (secondary N) is 2. The highest BCUT2D eigenvalue weighted by molar-refractivity contribution is 5.94. The SMILES string of the molecule is C[C@H](CC(=O)Nc1cc(C(=O)O)ccc1F)NC(=O)OCC1c2ccccc2-c2ccccc21. The van der Waals surface area contributed by atoms with Crippen LogP contribution < -0.4 is 10.6 Å². The zero-order chi connectivity index (χ0) is 24.2. The van der Waals surface area contributed by atoms with Gasteiger partial charge in [0, 0.05) is 18.4 Å². The Morgan fingerprint density at radius 2 is 1.62 bits per heavy atom. The van der Waals surface area contributed by atoms with Gasteiger partial charge in [-0.05, 0) is 47.4 Å². The van der Waals surface area contributed by atoms with Gasteiger partial charge in [-0.25, -0.2) is 14.0 Å². The molecule has 0 bridgehead atoms. The predicted molar refractivity (Wildman–Crippen MR) is 124 cm³/mol. The minimum atomic E-state index is -1.24. The van der Waals surface area contributed by atoms with E-state index >= 15 is 0 Å². The normalized spacial score (nSPS) is 12.9. The summed E-state index contributed by atoms with van der Waals surface area (Å²) < 4.78 is 19.4. The number of alkyl carbamates (subject to hydrolysis) is 1. The molecule has 0 saturated carbocycles. The maximum atomic E-state index is 13.9. The highest BCUT2D eigenvalue weighted by atomic mass is 19.1. The van der Waals surface area contributed by atoms with Crippen LogP contribution in [-0.2, 0) is 9.53 Å². The van der Waals surface area contributed by atoms with Crippen molar-refractivity contribution in [3.63, 3.8) is 0 Å². The number of aromatic carboxylic acids is 1. The number of amides is 2. The number of carboxylic acid groups (broad SMARTS) is 1. The Kier molecular flexibility index (Phi) is 6.58. The third-order valence-electron chi connectivity index (χ3n) is 5.69. The number of benzene rings is 3. The van der Waals surface area contributed by atoms with Gasteiger partial charge in [0.2, 0.25) is 5.91 Å². The molecule has 0 aliphatic heterocycles. The Morgan fingerprint density at radius 1 is 1.00 bits per heavy atom. The molecular formula is C26H23FN2O5. The molecule has 7 nitrogen and oxygen atoms in total. The van der Waals surface area contributed by atoms with Crippen LogP contribution in [0.15, 0.2) is 66.7 Å². The highest BCUT2D eigenvalue weighted by Gasteiger charge is 2.29. The summed E-state index contributed by atoms with van der Waals surface area (Å²) in [6.07, 6.45) is -0.817. The van der Waals surface area contributed by atoms with Crippen LogP contribution in [0, 0.1) is 5.82 Å². The first-order valence-electron chi connectivity index (χ1n) is 10.8. The van der Waals surface area contributed by atoms with E-state index in [0.29, 0.717) is 0 Å². The van der Waals surface area contributed by atoms with Crippen LogP contribution in [0.1, 0.15) is 40.7 Å². The van der Waals surface area contributed by atoms with Crippen LogP contribution in [0.5, 0.6) is 0 Å². The van der Waals surface area contributed by atoms with Gasteiger partial charge in [0.05, 0.1) is 11.3 Å². The number of rotatable bonds is 7. The van der Waals surface area contributed by atoms with Crippen LogP contribution in [0.4, 0.5) is 14.9 Å². The quantitative estimate of drug-likeness (QED) is 0.469. The number of carbonyl (C=O) groups excluding carboxylic acids is 2. The molecular weight excluding hydrogens is 439 g/mol. The van der Waals surface area contributed by atoms with Crippen molar-refractivity contribution in [2.75, 3.05) is 11.9 Å². The molecule has 0 aromatic heterocycles. The van der Waals surface area contributed by atoms with E-state index in [1.807, 2.05) is 48.5 Å². The number of carbonyl (C=O) groups is 3. The summed E-state index contributed by atoms with van der Waals surface area (Å²) in [4.78, 5) is 35.7. The third kappa shape index (κ3) is 4.91. The molecule has 0 fully saturated rings. The van der Waals surface area contributed by atoms with Crippen molar-refractivity contribution in [2.24, 2.45) is 0 Å². The second-order valence-electron chi connectivity index (χ2n) is 8.12. The Balaban J connectivity index is 1.31. The van der Waals surface area contributed by atoms with Crippen molar-refractivity contribution in [3.05, 3.63) is 89.2 Å². The van der Waals surface area contributed by atoms with Crippen molar-refractivity contribution >= 4 is 23.7 Å². The molecule has 3 aromatic carbocycles. The van der Waals surface area contributed by atoms with Gasteiger partial charge < -0.3 is 20.5 Å². The fourth-order valence-electron chi connectivity index (χ4n) is 4.13. The lowest BCUT2D eigenvalue weighted by molar-refractivity contribution is -0.116. The molecule has 174 valence electrons. The summed E-state index contributed by atoms with van der Waals surface area (Å²) in [7, 11) is 0. The predicted octanol–water partition coefficient (Wildman–Crippen LogP) is 4.78. The number of carboxylic acids is 1. The zero-order valence-electron chi connectivity index (χ0n) is 18.4. The van der Waals surface area contributed by atoms with E-state index in [9.17, 15) is 18.8 Å². The number of fused-ring (bicyclic) bond motifs is 3. The maximum Gasteiger partial charge on any atom is 0.407 e. The van der Waals surface area contributed by atoms with Crippen molar-refractivity contribution < 1.29 is 28.6 Å². The molecule has 4 rings (SSSR count). The van der Waals surface area contributed by atoms with Crippen molar-refractivity contribution in [1.82, 2.24) is 5.32 Å². The Bertz CT molecular complexity index is 1210. The molecule has 0 unspecified atom stereocenters. The molecule has 0 saturated heterocycles. The molecule has 34 heavy (non-hydrogen) atoms. The van der Waals surface area contributed by atoms with E-state index in [-0.39, 0.29) is 30.2 Å². The van der Waals surface area contributed by atoms with E-state index < -0.39 is 29.8 Å². The van der Waals surface area contributed by atoms with Gasteiger partial charge in [-0.15, -0.1) is 0 Å². The van der Waals surface area contributed by atoms with E-state index in [4.69, 9.17) is 9.84 Å². The first kappa shape index (κ1) is 23.0. The van der Waals surface area contributed by atoms with Gasteiger partial charge >= 0.3 is 12.1 Å². The lowest BCUT2D eigenvalue weighted by atomic mass is 9.98. The largest absolute Gasteiger partial charge is 0.478 e. The van der Waals surface area contributed by atoms with E-state index in [0.717, 1.165) is 40.5 Å². The number of ether oxygens (including phenoxy) is 1. The van der Waals surface area contributed by atoms with E-state index in [2.05, 4.69) is 10.6 Å². The first-order chi connectivity index (χ1) is 16.3. The van der Waals surface area contributed by atoms with Gasteiger partial charge in [0.25, 0.3) is 0 Å². The van der Waals surface area contributed by atoms with E-state index in [1.165, 1.54) is 0 Å². The summed E-state index contributed by atoms with van der Waals surface area (Å²) in [5, 5.41) is 14.0. The van der Waals surface area contributed by atoms with Gasteiger partial charge in [-0.2, -0.15) is 0 Å². The maximum absolute atomic E-state index is 13.9. The minimum Gasteiger partial charge on any atom is -0.478 e. The topological polar surface area (TPSA) is 105 Å². The van der Waals surface area contributed by atoms with Gasteiger partial charge in [-0.1, -0.05) is 48.5 Å². The molecule has 8 heteroatoms. The number of hydrogen-bond acceptors (Lipinski definition) is 4. The van der Waals surface area contributed by atoms with Crippen molar-refractivity contribution in [2.45, 2.75) is 25.3 Å². The van der Waals surface area contributed by atoms with Crippen molar-refractivity contribution in [3.8, 4) is 11.1 Å². The lowest BCUT2D eigenvalue weighted by Crippen LogP contribution is -2.36. The van der Waals surface area contributed by atoms with Crippen molar-refractivity contribution in [1.29, 1.82) is 0 Å². The fraction of sp³-hybridized carbons (Fsp3) is 0.192. The molecule has 1 aliphatic carbocycles. The summed E-state index contributed by atoms with van der Waals surface area (Å²) >= 11 is 0. The van der Waals surface area contributed by atoms with Crippen LogP contribution in [-0.4, -0.2) is 35.7 Å². The number of halogens is 1. The monoisotopic (exact) mass is 462 g/mol. The summed E-state index contributed by atoms with van der Waals surface area (Å²) in [6, 6.07) is 18.5. The lowest BCUT2D eigenvalue weighted by Gasteiger charge is -2.17. The van der Waals surface area contributed by atoms with Gasteiger partial charge in [-0.3, -0.25) is 4.79 Å². The highest BCUT2D eigenvalue weighted by Crippen LogP contribution is 2.44. The second kappa shape index (κ2) is 9.74. The molecule has 3 aromatic rings. The zero-order valence-corrected chi connectivity index (χ0v) is 18.4. The van der Waals surface area contributed by atoms with Crippen LogP contribution >= 0.6 is 0 Å². The fourth-order valence-corrected chi connectivity index (χ4v) is 4.13. The minimum absolute atomic E-state index is 0.0822. The Labute approximate surface area is 195 Å². The molecule has 2 amide bonds. The van der Waals surface area contributed by atoms with Gasteiger partial charge in [0.1, 0.15) is 12.4 Å². The molecule has 0 heterocycles. The number of hydrogen-bond donors (Lipinski definition) is 3. The molecule has 1 atom stereocenters. The summed E-state index contributed by atoms with van der Waals surface area (Å²) in [5.41, 5.74) is 4.04. The standard InChI is InChI=1S/C26H23FN2O5/c1-15(12-24(30)29-23-13-16(25(31)32)10-11-22(23)27)28-26(33)34-14-21-19-8-4-2-6-17(19)18-7-3-5-9-20(18)21/h2-11,13,15,21H,12,14H2,1H3,(H,28,33)(H,29,30)(H,31,32)/t15-/m1/s1. The van der Waals surface area contributed by atoms with Crippen LogP contribution in [0.25, 0.3) is 11.1 Å². The van der Waals surface area contributed by atoms with E-state index in [1.54, 1.807) is 6.92 Å². The Hall–Kier alpha value is -4.20. The smallest absolute Gasteiger partial charge is 0.407 e. The molecule has 3 N–H and O–H groups in total.